The molecule has 13 heavy (non-hydrogen) atoms. The summed E-state index contributed by atoms with van der Waals surface area (Å²) >= 11 is 0. The van der Waals surface area contributed by atoms with E-state index in [-0.39, 0.29) is 12.1 Å². The van der Waals surface area contributed by atoms with E-state index in [9.17, 15) is 0 Å². The molecular formula is C10H22N2O. The van der Waals surface area contributed by atoms with Crippen LogP contribution in [-0.4, -0.2) is 22.9 Å². The maximum atomic E-state index is 8.76. The van der Waals surface area contributed by atoms with Crippen molar-refractivity contribution in [3.63, 3.8) is 0 Å². The van der Waals surface area contributed by atoms with Crippen molar-refractivity contribution >= 4 is 0 Å². The lowest BCUT2D eigenvalue weighted by atomic mass is 9.88. The molecule has 0 saturated carbocycles. The molecule has 0 aliphatic carbocycles. The highest BCUT2D eigenvalue weighted by Gasteiger charge is 2.26. The van der Waals surface area contributed by atoms with Crippen molar-refractivity contribution in [3.8, 4) is 0 Å². The molecular weight excluding hydrogens is 164 g/mol. The molecule has 3 heteroatoms. The van der Waals surface area contributed by atoms with E-state index in [0.29, 0.717) is 6.04 Å². The van der Waals surface area contributed by atoms with Gasteiger partial charge in [-0.25, -0.2) is 5.43 Å². The van der Waals surface area contributed by atoms with Crippen molar-refractivity contribution in [1.82, 2.24) is 10.4 Å². The van der Waals surface area contributed by atoms with Gasteiger partial charge in [0.2, 0.25) is 0 Å². The Morgan fingerprint density at radius 1 is 1.38 bits per heavy atom. The largest absolute Gasteiger partial charge is 0.375 e. The molecule has 3 nitrogen and oxygen atoms in total. The number of aliphatic hydroxyl groups excluding tert-OH is 1. The highest BCUT2D eigenvalue weighted by molar-refractivity contribution is 5.03. The van der Waals surface area contributed by atoms with Crippen LogP contribution in [0, 0.1) is 5.41 Å². The van der Waals surface area contributed by atoms with Crippen molar-refractivity contribution in [2.45, 2.75) is 40.7 Å². The van der Waals surface area contributed by atoms with Crippen LogP contribution in [0.3, 0.4) is 0 Å². The zero-order chi connectivity index (χ0) is 10.5. The van der Waals surface area contributed by atoms with Gasteiger partial charge in [-0.3, -0.25) is 5.01 Å². The van der Waals surface area contributed by atoms with Crippen LogP contribution in [0.5, 0.6) is 0 Å². The van der Waals surface area contributed by atoms with E-state index in [2.05, 4.69) is 32.3 Å². The van der Waals surface area contributed by atoms with Crippen molar-refractivity contribution < 1.29 is 5.11 Å². The first kappa shape index (κ1) is 12.5. The standard InChI is InChI=1S/C8H16N2O.C2H6/c1-8(2,3)7-4-5-10(6-11)9-7;1-2/h4-5,7,9,11H,6H2,1-3H3;1-2H3. The van der Waals surface area contributed by atoms with Gasteiger partial charge >= 0.3 is 0 Å². The van der Waals surface area contributed by atoms with Crippen molar-refractivity contribution in [1.29, 1.82) is 0 Å². The minimum atomic E-state index is 0.0308. The van der Waals surface area contributed by atoms with Crippen LogP contribution in [0.2, 0.25) is 0 Å². The number of rotatable bonds is 1. The quantitative estimate of drug-likeness (QED) is 0.654. The molecule has 0 fully saturated rings. The van der Waals surface area contributed by atoms with Gasteiger partial charge in [-0.15, -0.1) is 0 Å². The van der Waals surface area contributed by atoms with Gasteiger partial charge in [-0.05, 0) is 11.5 Å². The first-order valence-corrected chi connectivity index (χ1v) is 4.86. The molecule has 1 heterocycles. The monoisotopic (exact) mass is 186 g/mol. The van der Waals surface area contributed by atoms with Gasteiger partial charge in [-0.2, -0.15) is 0 Å². The zero-order valence-electron chi connectivity index (χ0n) is 9.33. The van der Waals surface area contributed by atoms with Gasteiger partial charge in [0.25, 0.3) is 0 Å². The van der Waals surface area contributed by atoms with Gasteiger partial charge < -0.3 is 5.11 Å². The summed E-state index contributed by atoms with van der Waals surface area (Å²) in [5.41, 5.74) is 3.36. The third-order valence-electron chi connectivity index (χ3n) is 1.85. The number of aliphatic hydroxyl groups is 1. The van der Waals surface area contributed by atoms with Crippen molar-refractivity contribution in [3.05, 3.63) is 12.3 Å². The van der Waals surface area contributed by atoms with Crippen LogP contribution in [0.25, 0.3) is 0 Å². The molecule has 0 saturated heterocycles. The van der Waals surface area contributed by atoms with Gasteiger partial charge in [0.05, 0.1) is 6.04 Å². The average Bonchev–Trinajstić information content (AvgIpc) is 2.54. The van der Waals surface area contributed by atoms with Crippen LogP contribution < -0.4 is 5.43 Å². The summed E-state index contributed by atoms with van der Waals surface area (Å²) in [5, 5.41) is 10.4. The Labute approximate surface area is 81.4 Å². The molecule has 0 aromatic rings. The topological polar surface area (TPSA) is 35.5 Å². The minimum absolute atomic E-state index is 0.0308. The Hall–Kier alpha value is -0.540. The predicted molar refractivity (Wildman–Crippen MR) is 55.8 cm³/mol. The van der Waals surface area contributed by atoms with Crippen LogP contribution in [-0.2, 0) is 0 Å². The second-order valence-electron chi connectivity index (χ2n) is 3.93. The van der Waals surface area contributed by atoms with Gasteiger partial charge in [0.1, 0.15) is 6.73 Å². The molecule has 1 unspecified atom stereocenters. The van der Waals surface area contributed by atoms with Crippen LogP contribution in [0.4, 0.5) is 0 Å². The molecule has 1 aliphatic rings. The Morgan fingerprint density at radius 2 is 1.92 bits per heavy atom. The maximum absolute atomic E-state index is 8.76. The third-order valence-corrected chi connectivity index (χ3v) is 1.85. The molecule has 0 amide bonds. The highest BCUT2D eigenvalue weighted by Crippen LogP contribution is 2.22. The summed E-state index contributed by atoms with van der Waals surface area (Å²) in [6.45, 7) is 10.5. The second-order valence-corrected chi connectivity index (χ2v) is 3.93. The molecule has 1 aliphatic heterocycles. The second kappa shape index (κ2) is 5.25. The Bertz CT molecular complexity index is 161. The lowest BCUT2D eigenvalue weighted by Gasteiger charge is -2.27. The van der Waals surface area contributed by atoms with Crippen LogP contribution in [0.15, 0.2) is 12.3 Å². The summed E-state index contributed by atoms with van der Waals surface area (Å²) in [6, 6.07) is 0.328. The summed E-state index contributed by atoms with van der Waals surface area (Å²) in [6.07, 6.45) is 3.94. The molecule has 0 spiro atoms. The first-order chi connectivity index (χ1) is 6.04. The smallest absolute Gasteiger partial charge is 0.129 e. The lowest BCUT2D eigenvalue weighted by molar-refractivity contribution is 0.0939. The Balaban J connectivity index is 0.000000671. The molecule has 0 radical (unpaired) electrons. The summed E-state index contributed by atoms with van der Waals surface area (Å²) in [4.78, 5) is 0. The van der Waals surface area contributed by atoms with Gasteiger partial charge in [-0.1, -0.05) is 34.6 Å². The van der Waals surface area contributed by atoms with E-state index in [1.165, 1.54) is 0 Å². The van der Waals surface area contributed by atoms with Gasteiger partial charge in [0, 0.05) is 6.20 Å². The normalized spacial score (nSPS) is 21.4. The zero-order valence-corrected chi connectivity index (χ0v) is 9.33. The molecule has 2 N–H and O–H groups in total. The summed E-state index contributed by atoms with van der Waals surface area (Å²) in [5.74, 6) is 0. The average molecular weight is 186 g/mol. The maximum Gasteiger partial charge on any atom is 0.129 e. The fourth-order valence-corrected chi connectivity index (χ4v) is 1.02. The number of hydrogen-bond donors (Lipinski definition) is 2. The van der Waals surface area contributed by atoms with E-state index >= 15 is 0 Å². The number of nitrogens with zero attached hydrogens (tertiary/aromatic N) is 1. The lowest BCUT2D eigenvalue weighted by Crippen LogP contribution is -2.42. The molecule has 1 rings (SSSR count). The predicted octanol–water partition coefficient (Wildman–Crippen LogP) is 1.71. The van der Waals surface area contributed by atoms with E-state index in [1.54, 1.807) is 5.01 Å². The summed E-state index contributed by atoms with van der Waals surface area (Å²) in [7, 11) is 0. The van der Waals surface area contributed by atoms with E-state index in [4.69, 9.17) is 5.11 Å². The molecule has 0 aromatic heterocycles. The Kier molecular flexibility index (Phi) is 5.03. The van der Waals surface area contributed by atoms with Crippen molar-refractivity contribution in [2.24, 2.45) is 5.41 Å². The fourth-order valence-electron chi connectivity index (χ4n) is 1.02. The number of hydrogen-bond acceptors (Lipinski definition) is 3. The van der Waals surface area contributed by atoms with E-state index in [1.807, 2.05) is 20.0 Å². The Morgan fingerprint density at radius 3 is 2.15 bits per heavy atom. The van der Waals surface area contributed by atoms with Crippen LogP contribution >= 0.6 is 0 Å². The number of hydrazine groups is 1. The highest BCUT2D eigenvalue weighted by atomic mass is 16.3. The van der Waals surface area contributed by atoms with E-state index < -0.39 is 0 Å². The molecule has 78 valence electrons. The first-order valence-electron chi connectivity index (χ1n) is 4.86. The fraction of sp³-hybridized carbons (Fsp3) is 0.800. The number of nitrogens with one attached hydrogen (secondary N) is 1. The molecule has 0 aromatic carbocycles. The molecule has 1 atom stereocenters. The summed E-state index contributed by atoms with van der Waals surface area (Å²) < 4.78 is 0. The van der Waals surface area contributed by atoms with Crippen LogP contribution in [0.1, 0.15) is 34.6 Å². The van der Waals surface area contributed by atoms with Crippen molar-refractivity contribution in [2.75, 3.05) is 6.73 Å². The SMILES string of the molecule is CC.CC(C)(C)C1C=CN(CO)N1. The van der Waals surface area contributed by atoms with E-state index in [0.717, 1.165) is 0 Å². The third kappa shape index (κ3) is 3.79. The van der Waals surface area contributed by atoms with Gasteiger partial charge in [0.15, 0.2) is 0 Å². The minimum Gasteiger partial charge on any atom is -0.375 e. The molecule has 0 bridgehead atoms.